The minimum Gasteiger partial charge on any atom is -0.455 e. The van der Waals surface area contributed by atoms with Crippen molar-refractivity contribution in [1.29, 1.82) is 0 Å². The van der Waals surface area contributed by atoms with Gasteiger partial charge in [0.2, 0.25) is 0 Å². The van der Waals surface area contributed by atoms with E-state index in [9.17, 15) is 9.59 Å². The summed E-state index contributed by atoms with van der Waals surface area (Å²) in [7, 11) is 0. The Morgan fingerprint density at radius 3 is 2.41 bits per heavy atom. The molecule has 0 saturated carbocycles. The molecule has 0 aromatic heterocycles. The van der Waals surface area contributed by atoms with Crippen LogP contribution >= 0.6 is 0 Å². The molecule has 0 saturated heterocycles. The van der Waals surface area contributed by atoms with Crippen LogP contribution in [-0.2, 0) is 4.74 Å². The number of carbonyl (C=O) groups is 2. The van der Waals surface area contributed by atoms with Crippen molar-refractivity contribution in [2.75, 3.05) is 17.2 Å². The first-order valence-electron chi connectivity index (χ1n) is 9.24. The quantitative estimate of drug-likeness (QED) is 0.574. The van der Waals surface area contributed by atoms with Gasteiger partial charge in [-0.2, -0.15) is 0 Å². The smallest absolute Gasteiger partial charge is 0.411 e. The molecule has 3 aromatic carbocycles. The zero-order valence-electron chi connectivity index (χ0n) is 16.3. The zero-order valence-corrected chi connectivity index (χ0v) is 16.3. The molecular formula is C23H22N2O4. The Morgan fingerprint density at radius 2 is 1.66 bits per heavy atom. The third-order valence-electron chi connectivity index (χ3n) is 4.03. The van der Waals surface area contributed by atoms with Gasteiger partial charge in [0.25, 0.3) is 5.91 Å². The Labute approximate surface area is 169 Å². The molecule has 0 spiro atoms. The van der Waals surface area contributed by atoms with Crippen molar-refractivity contribution in [1.82, 2.24) is 0 Å². The van der Waals surface area contributed by atoms with Crippen LogP contribution in [0, 0.1) is 6.92 Å². The summed E-state index contributed by atoms with van der Waals surface area (Å²) in [6, 6.07) is 21.5. The van der Waals surface area contributed by atoms with Crippen LogP contribution in [0.25, 0.3) is 0 Å². The topological polar surface area (TPSA) is 76.7 Å². The van der Waals surface area contributed by atoms with Gasteiger partial charge in [0.05, 0.1) is 12.3 Å². The molecule has 0 aliphatic rings. The maximum atomic E-state index is 12.7. The number of para-hydroxylation sites is 2. The van der Waals surface area contributed by atoms with Crippen molar-refractivity contribution >= 4 is 23.4 Å². The standard InChI is InChI=1S/C23H22N2O4/c1-3-28-23(27)24-18-8-6-7-17(15-18)22(26)25-20-9-4-5-10-21(20)29-19-13-11-16(2)12-14-19/h4-15H,3H2,1-2H3,(H,24,27)(H,25,26). The maximum absolute atomic E-state index is 12.7. The van der Waals surface area contributed by atoms with Crippen LogP contribution in [0.15, 0.2) is 72.8 Å². The number of amides is 2. The van der Waals surface area contributed by atoms with E-state index in [1.807, 2.05) is 43.3 Å². The van der Waals surface area contributed by atoms with Gasteiger partial charge in [-0.3, -0.25) is 10.1 Å². The largest absolute Gasteiger partial charge is 0.455 e. The average Bonchev–Trinajstić information content (AvgIpc) is 2.71. The van der Waals surface area contributed by atoms with E-state index in [2.05, 4.69) is 10.6 Å². The van der Waals surface area contributed by atoms with Crippen molar-refractivity contribution in [3.05, 3.63) is 83.9 Å². The molecule has 148 valence electrons. The van der Waals surface area contributed by atoms with Crippen LogP contribution in [0.4, 0.5) is 16.2 Å². The van der Waals surface area contributed by atoms with E-state index in [0.29, 0.717) is 28.4 Å². The van der Waals surface area contributed by atoms with Crippen LogP contribution in [0.1, 0.15) is 22.8 Å². The predicted octanol–water partition coefficient (Wildman–Crippen LogP) is 5.61. The number of nitrogens with one attached hydrogen (secondary N) is 2. The molecular weight excluding hydrogens is 368 g/mol. The van der Waals surface area contributed by atoms with E-state index in [0.717, 1.165) is 5.56 Å². The summed E-state index contributed by atoms with van der Waals surface area (Å²) in [6.07, 6.45) is -0.568. The first-order chi connectivity index (χ1) is 14.0. The van der Waals surface area contributed by atoms with Crippen molar-refractivity contribution < 1.29 is 19.1 Å². The second-order valence-electron chi connectivity index (χ2n) is 6.29. The highest BCUT2D eigenvalue weighted by Gasteiger charge is 2.12. The van der Waals surface area contributed by atoms with Gasteiger partial charge >= 0.3 is 6.09 Å². The molecule has 0 bridgehead atoms. The fourth-order valence-corrected chi connectivity index (χ4v) is 2.61. The summed E-state index contributed by atoms with van der Waals surface area (Å²) >= 11 is 0. The van der Waals surface area contributed by atoms with E-state index in [-0.39, 0.29) is 12.5 Å². The molecule has 0 aliphatic carbocycles. The maximum Gasteiger partial charge on any atom is 0.411 e. The van der Waals surface area contributed by atoms with Gasteiger partial charge < -0.3 is 14.8 Å². The van der Waals surface area contributed by atoms with Crippen LogP contribution in [0.2, 0.25) is 0 Å². The third kappa shape index (κ3) is 5.59. The number of hydrogen-bond acceptors (Lipinski definition) is 4. The highest BCUT2D eigenvalue weighted by atomic mass is 16.5. The zero-order chi connectivity index (χ0) is 20.6. The predicted molar refractivity (Wildman–Crippen MR) is 113 cm³/mol. The number of ether oxygens (including phenoxy) is 2. The molecule has 6 heteroatoms. The Balaban J connectivity index is 1.74. The fourth-order valence-electron chi connectivity index (χ4n) is 2.61. The van der Waals surface area contributed by atoms with E-state index in [1.165, 1.54) is 0 Å². The van der Waals surface area contributed by atoms with Gasteiger partial charge in [-0.25, -0.2) is 4.79 Å². The van der Waals surface area contributed by atoms with Crippen LogP contribution in [0.5, 0.6) is 11.5 Å². The Bertz CT molecular complexity index is 1000. The number of aryl methyl sites for hydroxylation is 1. The van der Waals surface area contributed by atoms with Gasteiger partial charge in [-0.1, -0.05) is 35.9 Å². The molecule has 3 rings (SSSR count). The molecule has 3 aromatic rings. The number of rotatable bonds is 6. The molecule has 2 N–H and O–H groups in total. The Kier molecular flexibility index (Phi) is 6.47. The summed E-state index contributed by atoms with van der Waals surface area (Å²) in [5.74, 6) is 0.890. The van der Waals surface area contributed by atoms with E-state index in [4.69, 9.17) is 9.47 Å². The van der Waals surface area contributed by atoms with E-state index < -0.39 is 6.09 Å². The lowest BCUT2D eigenvalue weighted by atomic mass is 10.1. The second kappa shape index (κ2) is 9.41. The average molecular weight is 390 g/mol. The van der Waals surface area contributed by atoms with Crippen molar-refractivity contribution in [3.63, 3.8) is 0 Å². The first-order valence-corrected chi connectivity index (χ1v) is 9.24. The monoisotopic (exact) mass is 390 g/mol. The summed E-state index contributed by atoms with van der Waals surface area (Å²) in [5.41, 5.74) is 2.54. The van der Waals surface area contributed by atoms with Gasteiger partial charge in [-0.05, 0) is 56.3 Å². The normalized spacial score (nSPS) is 10.1. The number of hydrogen-bond donors (Lipinski definition) is 2. The molecule has 2 amide bonds. The summed E-state index contributed by atoms with van der Waals surface area (Å²) in [6.45, 7) is 3.99. The summed E-state index contributed by atoms with van der Waals surface area (Å²) < 4.78 is 10.8. The van der Waals surface area contributed by atoms with E-state index in [1.54, 1.807) is 43.3 Å². The SMILES string of the molecule is CCOC(=O)Nc1cccc(C(=O)Nc2ccccc2Oc2ccc(C)cc2)c1. The molecule has 0 radical (unpaired) electrons. The van der Waals surface area contributed by atoms with Gasteiger partial charge in [0.1, 0.15) is 5.75 Å². The number of anilines is 2. The van der Waals surface area contributed by atoms with Crippen LogP contribution in [-0.4, -0.2) is 18.6 Å². The lowest BCUT2D eigenvalue weighted by Crippen LogP contribution is -2.15. The lowest BCUT2D eigenvalue weighted by Gasteiger charge is -2.13. The summed E-state index contributed by atoms with van der Waals surface area (Å²) in [5, 5.41) is 5.44. The second-order valence-corrected chi connectivity index (χ2v) is 6.29. The molecule has 0 heterocycles. The van der Waals surface area contributed by atoms with Gasteiger partial charge in [0, 0.05) is 11.3 Å². The lowest BCUT2D eigenvalue weighted by molar-refractivity contribution is 0.102. The van der Waals surface area contributed by atoms with E-state index >= 15 is 0 Å². The Morgan fingerprint density at radius 1 is 0.897 bits per heavy atom. The molecule has 0 unspecified atom stereocenters. The van der Waals surface area contributed by atoms with Crippen LogP contribution < -0.4 is 15.4 Å². The van der Waals surface area contributed by atoms with Crippen molar-refractivity contribution in [2.24, 2.45) is 0 Å². The number of carbonyl (C=O) groups excluding carboxylic acids is 2. The number of benzene rings is 3. The summed E-state index contributed by atoms with van der Waals surface area (Å²) in [4.78, 5) is 24.3. The fraction of sp³-hybridized carbons (Fsp3) is 0.130. The molecule has 29 heavy (non-hydrogen) atoms. The van der Waals surface area contributed by atoms with Crippen molar-refractivity contribution in [2.45, 2.75) is 13.8 Å². The highest BCUT2D eigenvalue weighted by Crippen LogP contribution is 2.30. The molecule has 0 aliphatic heterocycles. The van der Waals surface area contributed by atoms with Gasteiger partial charge in [0.15, 0.2) is 5.75 Å². The Hall–Kier alpha value is -3.80. The highest BCUT2D eigenvalue weighted by molar-refractivity contribution is 6.05. The first kappa shape index (κ1) is 19.9. The van der Waals surface area contributed by atoms with Gasteiger partial charge in [-0.15, -0.1) is 0 Å². The van der Waals surface area contributed by atoms with Crippen LogP contribution in [0.3, 0.4) is 0 Å². The minimum absolute atomic E-state index is 0.268. The molecule has 6 nitrogen and oxygen atoms in total. The molecule has 0 fully saturated rings. The molecule has 0 atom stereocenters. The van der Waals surface area contributed by atoms with Crippen molar-refractivity contribution in [3.8, 4) is 11.5 Å². The minimum atomic E-state index is -0.568. The third-order valence-corrected chi connectivity index (χ3v) is 4.03.